The number of nitrogens with zero attached hydrogens (tertiary/aromatic N) is 5. The van der Waals surface area contributed by atoms with Crippen LogP contribution in [0.1, 0.15) is 30.3 Å². The molecule has 0 aromatic carbocycles. The highest BCUT2D eigenvalue weighted by Crippen LogP contribution is 2.35. The Kier molecular flexibility index (Phi) is 4.87. The lowest BCUT2D eigenvalue weighted by atomic mass is 9.85. The molecule has 134 valence electrons. The molecule has 0 spiro atoms. The second kappa shape index (κ2) is 7.08. The van der Waals surface area contributed by atoms with Gasteiger partial charge in [-0.2, -0.15) is 5.10 Å². The van der Waals surface area contributed by atoms with Gasteiger partial charge in [-0.15, -0.1) is 0 Å². The number of hydrogen-bond acceptors (Lipinski definition) is 4. The fraction of sp³-hybridized carbons (Fsp3) is 0.529. The Morgan fingerprint density at radius 2 is 2.20 bits per heavy atom. The molecule has 0 bridgehead atoms. The van der Waals surface area contributed by atoms with E-state index in [0.717, 1.165) is 17.8 Å². The van der Waals surface area contributed by atoms with Gasteiger partial charge in [-0.1, -0.05) is 0 Å². The van der Waals surface area contributed by atoms with Crippen molar-refractivity contribution in [2.45, 2.75) is 32.4 Å². The fourth-order valence-corrected chi connectivity index (χ4v) is 3.44. The van der Waals surface area contributed by atoms with Crippen molar-refractivity contribution in [1.29, 1.82) is 0 Å². The molecule has 1 N–H and O–H groups in total. The van der Waals surface area contributed by atoms with Crippen molar-refractivity contribution in [2.75, 3.05) is 13.6 Å². The Morgan fingerprint density at radius 1 is 1.40 bits per heavy atom. The largest absolute Gasteiger partial charge is 0.354 e. The number of hydrogen-bond donors (Lipinski definition) is 1. The monoisotopic (exact) mass is 344 g/mol. The molecule has 3 heterocycles. The Labute approximate surface area is 146 Å². The summed E-state index contributed by atoms with van der Waals surface area (Å²) < 4.78 is 3.55. The lowest BCUT2D eigenvalue weighted by Crippen LogP contribution is -2.44. The standard InChI is InChI=1S/C17H24N6O2/c1-12-18-6-7-23(12)11-15(24)19-8-13-4-5-16(25)22(3)17(13)14-9-20-21(2)10-14/h6-7,9-10,13,17H,4-5,8,11H2,1-3H3,(H,19,24)/t13-,17+/m1/s1. The van der Waals surface area contributed by atoms with E-state index in [9.17, 15) is 9.59 Å². The molecule has 2 amide bonds. The van der Waals surface area contributed by atoms with Gasteiger partial charge >= 0.3 is 0 Å². The zero-order chi connectivity index (χ0) is 18.0. The highest BCUT2D eigenvalue weighted by atomic mass is 16.2. The van der Waals surface area contributed by atoms with E-state index in [1.807, 2.05) is 31.8 Å². The van der Waals surface area contributed by atoms with E-state index in [0.29, 0.717) is 13.0 Å². The predicted molar refractivity (Wildman–Crippen MR) is 91.4 cm³/mol. The molecular formula is C17H24N6O2. The van der Waals surface area contributed by atoms with E-state index < -0.39 is 0 Å². The minimum Gasteiger partial charge on any atom is -0.354 e. The Balaban J connectivity index is 1.66. The van der Waals surface area contributed by atoms with Gasteiger partial charge in [0.15, 0.2) is 0 Å². The molecule has 1 aliphatic rings. The summed E-state index contributed by atoms with van der Waals surface area (Å²) in [5.41, 5.74) is 1.00. The summed E-state index contributed by atoms with van der Waals surface area (Å²) in [7, 11) is 3.68. The van der Waals surface area contributed by atoms with Crippen LogP contribution in [0.4, 0.5) is 0 Å². The molecule has 3 rings (SSSR count). The molecule has 0 aliphatic carbocycles. The lowest BCUT2D eigenvalue weighted by molar-refractivity contribution is -0.137. The average Bonchev–Trinajstić information content (AvgIpc) is 3.17. The van der Waals surface area contributed by atoms with Crippen LogP contribution >= 0.6 is 0 Å². The van der Waals surface area contributed by atoms with Crippen LogP contribution in [0.5, 0.6) is 0 Å². The quantitative estimate of drug-likeness (QED) is 0.863. The summed E-state index contributed by atoms with van der Waals surface area (Å²) in [5.74, 6) is 1.06. The normalized spacial score (nSPS) is 20.8. The number of imidazole rings is 1. The van der Waals surface area contributed by atoms with Crippen LogP contribution in [0.25, 0.3) is 0 Å². The fourth-order valence-electron chi connectivity index (χ4n) is 3.44. The molecule has 2 aromatic heterocycles. The molecule has 1 fully saturated rings. The van der Waals surface area contributed by atoms with Crippen molar-refractivity contribution in [3.8, 4) is 0 Å². The molecular weight excluding hydrogens is 320 g/mol. The second-order valence-corrected chi connectivity index (χ2v) is 6.60. The zero-order valence-corrected chi connectivity index (χ0v) is 14.8. The summed E-state index contributed by atoms with van der Waals surface area (Å²) in [5, 5.41) is 7.23. The van der Waals surface area contributed by atoms with Gasteiger partial charge in [0.25, 0.3) is 0 Å². The molecule has 0 unspecified atom stereocenters. The minimum atomic E-state index is -0.0646. The van der Waals surface area contributed by atoms with Crippen molar-refractivity contribution >= 4 is 11.8 Å². The number of nitrogens with one attached hydrogen (secondary N) is 1. The SMILES string of the molecule is Cc1nccn1CC(=O)NC[C@H]1CCC(=O)N(C)[C@@H]1c1cnn(C)c1. The second-order valence-electron chi connectivity index (χ2n) is 6.60. The third-order valence-corrected chi connectivity index (χ3v) is 4.85. The highest BCUT2D eigenvalue weighted by molar-refractivity contribution is 5.78. The number of rotatable bonds is 5. The predicted octanol–water partition coefficient (Wildman–Crippen LogP) is 0.651. The Bertz CT molecular complexity index is 765. The van der Waals surface area contributed by atoms with E-state index in [1.165, 1.54) is 0 Å². The van der Waals surface area contributed by atoms with Gasteiger partial charge in [0.2, 0.25) is 11.8 Å². The maximum atomic E-state index is 12.2. The molecule has 2 aromatic rings. The van der Waals surface area contributed by atoms with Gasteiger partial charge in [-0.25, -0.2) is 4.98 Å². The van der Waals surface area contributed by atoms with Crippen LogP contribution in [0.15, 0.2) is 24.8 Å². The maximum absolute atomic E-state index is 12.2. The van der Waals surface area contributed by atoms with Crippen molar-refractivity contribution < 1.29 is 9.59 Å². The maximum Gasteiger partial charge on any atom is 0.239 e. The number of carbonyl (C=O) groups is 2. The first-order valence-corrected chi connectivity index (χ1v) is 8.44. The van der Waals surface area contributed by atoms with Gasteiger partial charge in [-0.3, -0.25) is 14.3 Å². The number of aryl methyl sites for hydroxylation is 2. The van der Waals surface area contributed by atoms with Crippen LogP contribution in [-0.2, 0) is 23.2 Å². The zero-order valence-electron chi connectivity index (χ0n) is 14.8. The molecule has 1 saturated heterocycles. The molecule has 1 aliphatic heterocycles. The van der Waals surface area contributed by atoms with Gasteiger partial charge < -0.3 is 14.8 Å². The first-order valence-electron chi connectivity index (χ1n) is 8.44. The van der Waals surface area contributed by atoms with E-state index in [1.54, 1.807) is 28.2 Å². The van der Waals surface area contributed by atoms with Crippen LogP contribution in [0.3, 0.4) is 0 Å². The molecule has 25 heavy (non-hydrogen) atoms. The van der Waals surface area contributed by atoms with Gasteiger partial charge in [-0.05, 0) is 13.3 Å². The first kappa shape index (κ1) is 17.2. The van der Waals surface area contributed by atoms with Crippen LogP contribution < -0.4 is 5.32 Å². The van der Waals surface area contributed by atoms with Gasteiger partial charge in [0, 0.05) is 57.1 Å². The summed E-state index contributed by atoms with van der Waals surface area (Å²) in [4.78, 5) is 30.3. The third kappa shape index (κ3) is 3.72. The van der Waals surface area contributed by atoms with Crippen molar-refractivity contribution in [3.63, 3.8) is 0 Å². The van der Waals surface area contributed by atoms with Gasteiger partial charge in [0.1, 0.15) is 12.4 Å². The average molecular weight is 344 g/mol. The van der Waals surface area contributed by atoms with E-state index in [4.69, 9.17) is 0 Å². The summed E-state index contributed by atoms with van der Waals surface area (Å²) >= 11 is 0. The van der Waals surface area contributed by atoms with E-state index >= 15 is 0 Å². The minimum absolute atomic E-state index is 0.0504. The van der Waals surface area contributed by atoms with Crippen LogP contribution in [0.2, 0.25) is 0 Å². The molecule has 8 nitrogen and oxygen atoms in total. The highest BCUT2D eigenvalue weighted by Gasteiger charge is 2.35. The molecule has 8 heteroatoms. The Hall–Kier alpha value is -2.64. The lowest BCUT2D eigenvalue weighted by Gasteiger charge is -2.38. The first-order chi connectivity index (χ1) is 12.0. The number of amides is 2. The Morgan fingerprint density at radius 3 is 2.84 bits per heavy atom. The van der Waals surface area contributed by atoms with E-state index in [-0.39, 0.29) is 30.3 Å². The van der Waals surface area contributed by atoms with E-state index in [2.05, 4.69) is 15.4 Å². The summed E-state index contributed by atoms with van der Waals surface area (Å²) in [6.07, 6.45) is 8.47. The van der Waals surface area contributed by atoms with Crippen molar-refractivity contribution in [3.05, 3.63) is 36.2 Å². The summed E-state index contributed by atoms with van der Waals surface area (Å²) in [6.45, 7) is 2.65. The molecule has 0 saturated carbocycles. The van der Waals surface area contributed by atoms with Gasteiger partial charge in [0.05, 0.1) is 12.2 Å². The van der Waals surface area contributed by atoms with Crippen molar-refractivity contribution in [2.24, 2.45) is 13.0 Å². The van der Waals surface area contributed by atoms with Crippen LogP contribution in [-0.4, -0.2) is 49.6 Å². The summed E-state index contributed by atoms with van der Waals surface area (Å²) in [6, 6.07) is -0.0646. The van der Waals surface area contributed by atoms with Crippen molar-refractivity contribution in [1.82, 2.24) is 29.5 Å². The topological polar surface area (TPSA) is 85.1 Å². The number of carbonyl (C=O) groups excluding carboxylic acids is 2. The van der Waals surface area contributed by atoms with Crippen LogP contribution in [0, 0.1) is 12.8 Å². The molecule has 2 atom stereocenters. The molecule has 0 radical (unpaired) electrons. The number of likely N-dealkylation sites (tertiary alicyclic amines) is 1. The number of piperidine rings is 1. The smallest absolute Gasteiger partial charge is 0.239 e. The third-order valence-electron chi connectivity index (χ3n) is 4.85. The number of aromatic nitrogens is 4.